The monoisotopic (exact) mass is 388 g/mol. The van der Waals surface area contributed by atoms with E-state index in [4.69, 9.17) is 9.47 Å². The Morgan fingerprint density at radius 2 is 1.59 bits per heavy atom. The van der Waals surface area contributed by atoms with Crippen LogP contribution in [0.15, 0.2) is 66.7 Å². The first kappa shape index (κ1) is 18.4. The van der Waals surface area contributed by atoms with Crippen LogP contribution in [0.1, 0.15) is 0 Å². The van der Waals surface area contributed by atoms with E-state index < -0.39 is 0 Å². The molecule has 0 radical (unpaired) electrons. The number of nitrogens with one attached hydrogen (secondary N) is 3. The molecular formula is C22H20N4O3. The van der Waals surface area contributed by atoms with Crippen molar-refractivity contribution in [2.75, 3.05) is 24.9 Å². The molecule has 4 aromatic rings. The highest BCUT2D eigenvalue weighted by Crippen LogP contribution is 2.26. The number of methoxy groups -OCH3 is 2. The summed E-state index contributed by atoms with van der Waals surface area (Å²) in [4.78, 5) is 20.3. The molecule has 0 aliphatic carbocycles. The first-order chi connectivity index (χ1) is 14.1. The van der Waals surface area contributed by atoms with Crippen LogP contribution in [0.2, 0.25) is 0 Å². The van der Waals surface area contributed by atoms with Crippen molar-refractivity contribution in [2.45, 2.75) is 0 Å². The van der Waals surface area contributed by atoms with E-state index in [0.717, 1.165) is 22.4 Å². The smallest absolute Gasteiger partial charge is 0.323 e. The molecule has 1 aromatic heterocycles. The van der Waals surface area contributed by atoms with Gasteiger partial charge in [0.15, 0.2) is 0 Å². The van der Waals surface area contributed by atoms with E-state index in [-0.39, 0.29) is 6.03 Å². The molecule has 146 valence electrons. The average molecular weight is 388 g/mol. The number of ether oxygens (including phenoxy) is 2. The number of carbonyl (C=O) groups excluding carboxylic acids is 1. The lowest BCUT2D eigenvalue weighted by Crippen LogP contribution is -2.19. The zero-order valence-electron chi connectivity index (χ0n) is 16.0. The van der Waals surface area contributed by atoms with Gasteiger partial charge in [-0.15, -0.1) is 0 Å². The Kier molecular flexibility index (Phi) is 5.03. The van der Waals surface area contributed by atoms with E-state index in [1.54, 1.807) is 32.4 Å². The summed E-state index contributed by atoms with van der Waals surface area (Å²) >= 11 is 0. The summed E-state index contributed by atoms with van der Waals surface area (Å²) < 4.78 is 10.4. The topological polar surface area (TPSA) is 88.3 Å². The van der Waals surface area contributed by atoms with Crippen molar-refractivity contribution < 1.29 is 14.3 Å². The highest BCUT2D eigenvalue weighted by atomic mass is 16.5. The van der Waals surface area contributed by atoms with Gasteiger partial charge in [-0.05, 0) is 24.3 Å². The number of imidazole rings is 1. The van der Waals surface area contributed by atoms with Crippen LogP contribution < -0.4 is 20.1 Å². The SMILES string of the molecule is COc1cc(NC(=O)Nc2cccc(-c3nc4ccccc4[nH]3)c2)cc(OC)c1. The van der Waals surface area contributed by atoms with Crippen molar-refractivity contribution in [3.8, 4) is 22.9 Å². The normalized spacial score (nSPS) is 10.6. The summed E-state index contributed by atoms with van der Waals surface area (Å²) in [6.45, 7) is 0. The molecule has 7 heteroatoms. The zero-order chi connectivity index (χ0) is 20.2. The van der Waals surface area contributed by atoms with Crippen LogP contribution in [-0.2, 0) is 0 Å². The molecule has 3 aromatic carbocycles. The van der Waals surface area contributed by atoms with Crippen LogP contribution in [-0.4, -0.2) is 30.2 Å². The quantitative estimate of drug-likeness (QED) is 0.454. The van der Waals surface area contributed by atoms with Crippen molar-refractivity contribution in [3.05, 3.63) is 66.7 Å². The maximum atomic E-state index is 12.4. The lowest BCUT2D eigenvalue weighted by molar-refractivity contribution is 0.262. The second-order valence-corrected chi connectivity index (χ2v) is 6.36. The number of urea groups is 1. The molecule has 0 spiro atoms. The molecule has 0 aliphatic rings. The summed E-state index contributed by atoms with van der Waals surface area (Å²) in [7, 11) is 3.12. The van der Waals surface area contributed by atoms with Crippen LogP contribution in [0.3, 0.4) is 0 Å². The molecule has 0 saturated carbocycles. The lowest BCUT2D eigenvalue weighted by atomic mass is 10.2. The number of carbonyl (C=O) groups is 1. The average Bonchev–Trinajstić information content (AvgIpc) is 3.18. The molecule has 0 unspecified atom stereocenters. The number of fused-ring (bicyclic) bond motifs is 1. The molecule has 29 heavy (non-hydrogen) atoms. The van der Waals surface area contributed by atoms with Crippen LogP contribution in [0, 0.1) is 0 Å². The Labute approximate surface area is 167 Å². The van der Waals surface area contributed by atoms with Crippen LogP contribution >= 0.6 is 0 Å². The molecule has 2 amide bonds. The summed E-state index contributed by atoms with van der Waals surface area (Å²) in [6, 6.07) is 20.1. The molecule has 0 saturated heterocycles. The third-order valence-electron chi connectivity index (χ3n) is 4.39. The highest BCUT2D eigenvalue weighted by Gasteiger charge is 2.09. The van der Waals surface area contributed by atoms with Gasteiger partial charge in [0.25, 0.3) is 0 Å². The second-order valence-electron chi connectivity index (χ2n) is 6.36. The fraction of sp³-hybridized carbons (Fsp3) is 0.0909. The number of hydrogen-bond acceptors (Lipinski definition) is 4. The first-order valence-electron chi connectivity index (χ1n) is 9.01. The minimum atomic E-state index is -0.373. The van der Waals surface area contributed by atoms with E-state index in [1.807, 2.05) is 48.5 Å². The number of hydrogen-bond donors (Lipinski definition) is 3. The minimum Gasteiger partial charge on any atom is -0.497 e. The van der Waals surface area contributed by atoms with Gasteiger partial charge in [-0.3, -0.25) is 0 Å². The van der Waals surface area contributed by atoms with Gasteiger partial charge in [0.2, 0.25) is 0 Å². The summed E-state index contributed by atoms with van der Waals surface area (Å²) in [5, 5.41) is 5.62. The number of benzene rings is 3. The first-order valence-corrected chi connectivity index (χ1v) is 9.01. The Hall–Kier alpha value is -4.00. The van der Waals surface area contributed by atoms with Gasteiger partial charge in [-0.2, -0.15) is 0 Å². The predicted octanol–water partition coefficient (Wildman–Crippen LogP) is 4.89. The van der Waals surface area contributed by atoms with Gasteiger partial charge < -0.3 is 25.1 Å². The van der Waals surface area contributed by atoms with Crippen molar-refractivity contribution in [1.29, 1.82) is 0 Å². The largest absolute Gasteiger partial charge is 0.497 e. The summed E-state index contributed by atoms with van der Waals surface area (Å²) in [5.74, 6) is 1.92. The molecule has 0 fully saturated rings. The molecule has 1 heterocycles. The Balaban J connectivity index is 1.51. The Morgan fingerprint density at radius 3 is 2.31 bits per heavy atom. The summed E-state index contributed by atoms with van der Waals surface area (Å²) in [6.07, 6.45) is 0. The molecule has 0 aliphatic heterocycles. The van der Waals surface area contributed by atoms with Gasteiger partial charge in [-0.25, -0.2) is 9.78 Å². The lowest BCUT2D eigenvalue weighted by Gasteiger charge is -2.11. The maximum absolute atomic E-state index is 12.4. The van der Waals surface area contributed by atoms with Gasteiger partial charge in [0.1, 0.15) is 17.3 Å². The second kappa shape index (κ2) is 7.93. The van der Waals surface area contributed by atoms with Crippen LogP contribution in [0.5, 0.6) is 11.5 Å². The third-order valence-corrected chi connectivity index (χ3v) is 4.39. The molecule has 4 rings (SSSR count). The number of nitrogens with zero attached hydrogens (tertiary/aromatic N) is 1. The highest BCUT2D eigenvalue weighted by molar-refractivity contribution is 6.00. The fourth-order valence-corrected chi connectivity index (χ4v) is 3.01. The number of amides is 2. The molecular weight excluding hydrogens is 368 g/mol. The zero-order valence-corrected chi connectivity index (χ0v) is 16.0. The number of rotatable bonds is 5. The molecule has 0 bridgehead atoms. The van der Waals surface area contributed by atoms with Crippen molar-refractivity contribution >= 4 is 28.4 Å². The van der Waals surface area contributed by atoms with E-state index in [2.05, 4.69) is 20.6 Å². The van der Waals surface area contributed by atoms with Crippen molar-refractivity contribution in [2.24, 2.45) is 0 Å². The Bertz CT molecular complexity index is 1110. The molecule has 3 N–H and O–H groups in total. The minimum absolute atomic E-state index is 0.373. The number of aromatic nitrogens is 2. The maximum Gasteiger partial charge on any atom is 0.323 e. The van der Waals surface area contributed by atoms with Gasteiger partial charge in [-0.1, -0.05) is 24.3 Å². The molecule has 0 atom stereocenters. The van der Waals surface area contributed by atoms with Gasteiger partial charge >= 0.3 is 6.03 Å². The third kappa shape index (κ3) is 4.14. The number of H-pyrrole nitrogens is 1. The predicted molar refractivity (Wildman–Crippen MR) is 114 cm³/mol. The van der Waals surface area contributed by atoms with E-state index >= 15 is 0 Å². The van der Waals surface area contributed by atoms with Crippen molar-refractivity contribution in [3.63, 3.8) is 0 Å². The summed E-state index contributed by atoms with van der Waals surface area (Å²) in [5.41, 5.74) is 3.95. The van der Waals surface area contributed by atoms with Crippen LogP contribution in [0.25, 0.3) is 22.4 Å². The Morgan fingerprint density at radius 1 is 0.862 bits per heavy atom. The fourth-order valence-electron chi connectivity index (χ4n) is 3.01. The van der Waals surface area contributed by atoms with E-state index in [1.165, 1.54) is 0 Å². The standard InChI is InChI=1S/C22H20N4O3/c1-28-17-11-16(12-18(13-17)29-2)24-22(27)23-15-7-5-6-14(10-15)21-25-19-8-3-4-9-20(19)26-21/h3-13H,1-2H3,(H,25,26)(H2,23,24,27). The number of para-hydroxylation sites is 2. The number of anilines is 2. The number of aromatic amines is 1. The van der Waals surface area contributed by atoms with E-state index in [9.17, 15) is 4.79 Å². The van der Waals surface area contributed by atoms with Gasteiger partial charge in [0, 0.05) is 35.1 Å². The van der Waals surface area contributed by atoms with Crippen LogP contribution in [0.4, 0.5) is 16.2 Å². The molecule has 7 nitrogen and oxygen atoms in total. The van der Waals surface area contributed by atoms with E-state index in [0.29, 0.717) is 22.9 Å². The van der Waals surface area contributed by atoms with Crippen molar-refractivity contribution in [1.82, 2.24) is 9.97 Å². The van der Waals surface area contributed by atoms with Gasteiger partial charge in [0.05, 0.1) is 25.3 Å².